The first-order chi connectivity index (χ1) is 8.53. The number of ether oxygens (including phenoxy) is 1. The number of rotatable bonds is 5. The summed E-state index contributed by atoms with van der Waals surface area (Å²) in [5.41, 5.74) is 1.37. The molecule has 0 fully saturated rings. The van der Waals surface area contributed by atoms with E-state index < -0.39 is 5.97 Å². The number of likely N-dealkylation sites (N-methyl/N-ethyl adjacent to an activating group) is 1. The highest BCUT2D eigenvalue weighted by Crippen LogP contribution is 2.08. The SMILES string of the molecule is CCc1cc(C(=O)N(C)CC(=O)OC)n(CC)n1. The molecule has 1 rings (SSSR count). The first kappa shape index (κ1) is 14.2. The molecule has 0 aromatic carbocycles. The summed E-state index contributed by atoms with van der Waals surface area (Å²) in [5, 5.41) is 4.30. The lowest BCUT2D eigenvalue weighted by Gasteiger charge is -2.15. The van der Waals surface area contributed by atoms with Gasteiger partial charge in [-0.1, -0.05) is 6.92 Å². The highest BCUT2D eigenvalue weighted by Gasteiger charge is 2.19. The van der Waals surface area contributed by atoms with Crippen LogP contribution in [0, 0.1) is 0 Å². The molecule has 0 atom stereocenters. The third kappa shape index (κ3) is 3.09. The van der Waals surface area contributed by atoms with Gasteiger partial charge in [0.1, 0.15) is 12.2 Å². The van der Waals surface area contributed by atoms with Crippen LogP contribution in [0.1, 0.15) is 30.0 Å². The lowest BCUT2D eigenvalue weighted by atomic mass is 10.3. The van der Waals surface area contributed by atoms with E-state index in [-0.39, 0.29) is 12.5 Å². The van der Waals surface area contributed by atoms with Gasteiger partial charge in [-0.15, -0.1) is 0 Å². The Morgan fingerprint density at radius 3 is 2.61 bits per heavy atom. The molecule has 0 saturated carbocycles. The van der Waals surface area contributed by atoms with Gasteiger partial charge < -0.3 is 9.64 Å². The maximum atomic E-state index is 12.2. The molecule has 18 heavy (non-hydrogen) atoms. The van der Waals surface area contributed by atoms with Crippen LogP contribution in [-0.2, 0) is 22.5 Å². The normalized spacial score (nSPS) is 10.2. The zero-order valence-electron chi connectivity index (χ0n) is 11.3. The van der Waals surface area contributed by atoms with Gasteiger partial charge in [0.25, 0.3) is 5.91 Å². The predicted octanol–water partition coefficient (Wildman–Crippen LogP) is 0.710. The summed E-state index contributed by atoms with van der Waals surface area (Å²) >= 11 is 0. The van der Waals surface area contributed by atoms with Gasteiger partial charge >= 0.3 is 5.97 Å². The number of nitrogens with zero attached hydrogens (tertiary/aromatic N) is 3. The Morgan fingerprint density at radius 2 is 2.11 bits per heavy atom. The Balaban J connectivity index is 2.88. The Hall–Kier alpha value is -1.85. The number of aryl methyl sites for hydroxylation is 2. The lowest BCUT2D eigenvalue weighted by Crippen LogP contribution is -2.34. The molecule has 1 heterocycles. The second kappa shape index (κ2) is 6.18. The minimum absolute atomic E-state index is 0.0638. The zero-order chi connectivity index (χ0) is 13.7. The molecule has 0 radical (unpaired) electrons. The molecule has 1 aromatic rings. The minimum Gasteiger partial charge on any atom is -0.468 e. The average molecular weight is 253 g/mol. The predicted molar refractivity (Wildman–Crippen MR) is 66.3 cm³/mol. The lowest BCUT2D eigenvalue weighted by molar-refractivity contribution is -0.141. The third-order valence-electron chi connectivity index (χ3n) is 2.65. The molecule has 0 aliphatic rings. The maximum absolute atomic E-state index is 12.2. The smallest absolute Gasteiger partial charge is 0.325 e. The Kier molecular flexibility index (Phi) is 4.88. The number of esters is 1. The first-order valence-corrected chi connectivity index (χ1v) is 5.92. The van der Waals surface area contributed by atoms with E-state index in [0.717, 1.165) is 12.1 Å². The van der Waals surface area contributed by atoms with Crippen molar-refractivity contribution < 1.29 is 14.3 Å². The van der Waals surface area contributed by atoms with Crippen LogP contribution in [-0.4, -0.2) is 47.3 Å². The monoisotopic (exact) mass is 253 g/mol. The fraction of sp³-hybridized carbons (Fsp3) is 0.583. The topological polar surface area (TPSA) is 64.4 Å². The van der Waals surface area contributed by atoms with Gasteiger partial charge in [-0.3, -0.25) is 14.3 Å². The van der Waals surface area contributed by atoms with Crippen molar-refractivity contribution in [3.05, 3.63) is 17.5 Å². The molecule has 1 amide bonds. The van der Waals surface area contributed by atoms with E-state index in [4.69, 9.17) is 0 Å². The fourth-order valence-electron chi connectivity index (χ4n) is 1.58. The number of carbonyl (C=O) groups is 2. The number of methoxy groups -OCH3 is 1. The largest absolute Gasteiger partial charge is 0.468 e. The van der Waals surface area contributed by atoms with E-state index in [2.05, 4.69) is 9.84 Å². The number of carbonyl (C=O) groups excluding carboxylic acids is 2. The van der Waals surface area contributed by atoms with Gasteiger partial charge in [-0.05, 0) is 19.4 Å². The molecule has 0 bridgehead atoms. The van der Waals surface area contributed by atoms with Gasteiger partial charge in [0.05, 0.1) is 12.8 Å². The van der Waals surface area contributed by atoms with Gasteiger partial charge in [0, 0.05) is 13.6 Å². The van der Waals surface area contributed by atoms with Crippen molar-refractivity contribution in [2.24, 2.45) is 0 Å². The van der Waals surface area contributed by atoms with Crippen molar-refractivity contribution in [2.75, 3.05) is 20.7 Å². The van der Waals surface area contributed by atoms with Crippen LogP contribution < -0.4 is 0 Å². The minimum atomic E-state index is -0.441. The van der Waals surface area contributed by atoms with Crippen LogP contribution in [0.25, 0.3) is 0 Å². The number of amides is 1. The van der Waals surface area contributed by atoms with E-state index in [0.29, 0.717) is 12.2 Å². The van der Waals surface area contributed by atoms with Gasteiger partial charge in [-0.2, -0.15) is 5.10 Å². The summed E-state index contributed by atoms with van der Waals surface area (Å²) in [4.78, 5) is 24.6. The molecule has 0 aliphatic heterocycles. The van der Waals surface area contributed by atoms with E-state index in [1.807, 2.05) is 13.8 Å². The summed E-state index contributed by atoms with van der Waals surface area (Å²) < 4.78 is 6.18. The quantitative estimate of drug-likeness (QED) is 0.725. The van der Waals surface area contributed by atoms with Crippen LogP contribution in [0.4, 0.5) is 0 Å². The fourth-order valence-corrected chi connectivity index (χ4v) is 1.58. The molecule has 0 aliphatic carbocycles. The van der Waals surface area contributed by atoms with E-state index >= 15 is 0 Å². The standard InChI is InChI=1S/C12H19N3O3/c1-5-9-7-10(15(6-2)13-9)12(17)14(3)8-11(16)18-4/h7H,5-6,8H2,1-4H3. The summed E-state index contributed by atoms with van der Waals surface area (Å²) in [6.07, 6.45) is 0.772. The average Bonchev–Trinajstić information content (AvgIpc) is 2.80. The molecule has 6 heteroatoms. The van der Waals surface area contributed by atoms with Crippen molar-refractivity contribution in [2.45, 2.75) is 26.8 Å². The summed E-state index contributed by atoms with van der Waals surface area (Å²) in [5.74, 6) is -0.668. The summed E-state index contributed by atoms with van der Waals surface area (Å²) in [7, 11) is 2.87. The highest BCUT2D eigenvalue weighted by molar-refractivity contribution is 5.94. The number of hydrogen-bond donors (Lipinski definition) is 0. The molecule has 6 nitrogen and oxygen atoms in total. The molecule has 0 unspecified atom stereocenters. The molecule has 100 valence electrons. The van der Waals surface area contributed by atoms with E-state index in [1.54, 1.807) is 17.8 Å². The van der Waals surface area contributed by atoms with Crippen LogP contribution in [0.5, 0.6) is 0 Å². The van der Waals surface area contributed by atoms with Crippen molar-refractivity contribution in [1.82, 2.24) is 14.7 Å². The Labute approximate surface area is 107 Å². The van der Waals surface area contributed by atoms with Crippen molar-refractivity contribution in [3.63, 3.8) is 0 Å². The molecule has 0 N–H and O–H groups in total. The summed E-state index contributed by atoms with van der Waals surface area (Å²) in [6, 6.07) is 1.76. The van der Waals surface area contributed by atoms with Crippen LogP contribution in [0.3, 0.4) is 0 Å². The molecule has 0 spiro atoms. The summed E-state index contributed by atoms with van der Waals surface area (Å²) in [6.45, 7) is 4.46. The second-order valence-electron chi connectivity index (χ2n) is 3.93. The Morgan fingerprint density at radius 1 is 1.44 bits per heavy atom. The van der Waals surface area contributed by atoms with E-state index in [9.17, 15) is 9.59 Å². The van der Waals surface area contributed by atoms with E-state index in [1.165, 1.54) is 12.0 Å². The third-order valence-corrected chi connectivity index (χ3v) is 2.65. The Bertz CT molecular complexity index is 440. The zero-order valence-corrected chi connectivity index (χ0v) is 11.3. The molecular weight excluding hydrogens is 234 g/mol. The molecular formula is C12H19N3O3. The second-order valence-corrected chi connectivity index (χ2v) is 3.93. The van der Waals surface area contributed by atoms with Gasteiger partial charge in [-0.25, -0.2) is 0 Å². The van der Waals surface area contributed by atoms with Crippen molar-refractivity contribution in [3.8, 4) is 0 Å². The van der Waals surface area contributed by atoms with Crippen LogP contribution in [0.2, 0.25) is 0 Å². The van der Waals surface area contributed by atoms with Crippen molar-refractivity contribution in [1.29, 1.82) is 0 Å². The van der Waals surface area contributed by atoms with Gasteiger partial charge in [0.15, 0.2) is 0 Å². The number of aromatic nitrogens is 2. The number of hydrogen-bond acceptors (Lipinski definition) is 4. The van der Waals surface area contributed by atoms with Crippen LogP contribution >= 0.6 is 0 Å². The first-order valence-electron chi connectivity index (χ1n) is 5.92. The van der Waals surface area contributed by atoms with Gasteiger partial charge in [0.2, 0.25) is 0 Å². The molecule has 1 aromatic heterocycles. The van der Waals surface area contributed by atoms with Crippen LogP contribution in [0.15, 0.2) is 6.07 Å². The van der Waals surface area contributed by atoms with Crippen molar-refractivity contribution >= 4 is 11.9 Å². The molecule has 0 saturated heterocycles. The maximum Gasteiger partial charge on any atom is 0.325 e. The highest BCUT2D eigenvalue weighted by atomic mass is 16.5.